The molecular weight excluding hydrogens is 224 g/mol. The maximum Gasteiger partial charge on any atom is 0.322 e. The van der Waals surface area contributed by atoms with E-state index in [1.54, 1.807) is 18.9 Å². The van der Waals surface area contributed by atoms with E-state index in [4.69, 9.17) is 0 Å². The van der Waals surface area contributed by atoms with E-state index >= 15 is 0 Å². The number of likely N-dealkylation sites (tertiary alicyclic amines) is 1. The van der Waals surface area contributed by atoms with Gasteiger partial charge in [-0.1, -0.05) is 0 Å². The fourth-order valence-electron chi connectivity index (χ4n) is 2.18. The van der Waals surface area contributed by atoms with E-state index in [0.717, 1.165) is 12.8 Å². The Kier molecular flexibility index (Phi) is 2.83. The van der Waals surface area contributed by atoms with Crippen LogP contribution in [0.3, 0.4) is 0 Å². The molecule has 2 heterocycles. The summed E-state index contributed by atoms with van der Waals surface area (Å²) in [7, 11) is 1.56. The predicted molar refractivity (Wildman–Crippen MR) is 59.7 cm³/mol. The normalized spacial score (nSPS) is 15.3. The summed E-state index contributed by atoms with van der Waals surface area (Å²) in [6.45, 7) is 2.87. The van der Waals surface area contributed by atoms with Gasteiger partial charge >= 0.3 is 5.69 Å². The molecule has 1 aliphatic rings. The van der Waals surface area contributed by atoms with Crippen LogP contribution in [0.1, 0.15) is 29.0 Å². The zero-order chi connectivity index (χ0) is 12.6. The summed E-state index contributed by atoms with van der Waals surface area (Å²) in [6, 6.07) is 0. The Morgan fingerprint density at radius 1 is 1.41 bits per heavy atom. The Hall–Kier alpha value is -1.92. The lowest BCUT2D eigenvalue weighted by Gasteiger charge is -2.14. The summed E-state index contributed by atoms with van der Waals surface area (Å²) in [4.78, 5) is 24.2. The van der Waals surface area contributed by atoms with Gasteiger partial charge in [-0.25, -0.2) is 0 Å². The lowest BCUT2D eigenvalue weighted by Crippen LogP contribution is -2.29. The molecule has 0 bridgehead atoms. The largest absolute Gasteiger partial charge is 0.337 e. The van der Waals surface area contributed by atoms with Gasteiger partial charge in [0, 0.05) is 20.1 Å². The van der Waals surface area contributed by atoms with Crippen LogP contribution in [-0.2, 0) is 7.05 Å². The fraction of sp³-hybridized carbons (Fsp3) is 0.600. The number of hydrogen-bond acceptors (Lipinski definition) is 4. The highest BCUT2D eigenvalue weighted by Crippen LogP contribution is 2.24. The Balaban J connectivity index is 2.43. The smallest absolute Gasteiger partial charge is 0.322 e. The van der Waals surface area contributed by atoms with E-state index in [1.807, 2.05) is 0 Å². The number of aryl methyl sites for hydroxylation is 2. The van der Waals surface area contributed by atoms with Crippen LogP contribution in [0.15, 0.2) is 0 Å². The standard InChI is InChI=1S/C10H14N4O3/c1-7-8(14(16)17)9(12(2)11-7)10(15)13-5-3-4-6-13/h3-6H2,1-2H3. The molecule has 0 aromatic carbocycles. The monoisotopic (exact) mass is 238 g/mol. The maximum absolute atomic E-state index is 12.2. The van der Waals surface area contributed by atoms with Gasteiger partial charge in [0.15, 0.2) is 0 Å². The van der Waals surface area contributed by atoms with Gasteiger partial charge in [-0.2, -0.15) is 5.10 Å². The minimum atomic E-state index is -0.536. The second kappa shape index (κ2) is 4.15. The van der Waals surface area contributed by atoms with Crippen molar-refractivity contribution in [2.75, 3.05) is 13.1 Å². The number of amides is 1. The Morgan fingerprint density at radius 3 is 2.53 bits per heavy atom. The summed E-state index contributed by atoms with van der Waals surface area (Å²) >= 11 is 0. The van der Waals surface area contributed by atoms with Gasteiger partial charge in [0.25, 0.3) is 5.91 Å². The summed E-state index contributed by atoms with van der Waals surface area (Å²) < 4.78 is 1.30. The highest BCUT2D eigenvalue weighted by atomic mass is 16.6. The Bertz CT molecular complexity index is 474. The number of carbonyl (C=O) groups is 1. The van der Waals surface area contributed by atoms with Gasteiger partial charge in [0.05, 0.1) is 4.92 Å². The van der Waals surface area contributed by atoms with Crippen LogP contribution >= 0.6 is 0 Å². The van der Waals surface area contributed by atoms with E-state index in [2.05, 4.69) is 5.10 Å². The quantitative estimate of drug-likeness (QED) is 0.565. The minimum absolute atomic E-state index is 0.0781. The molecule has 0 radical (unpaired) electrons. The summed E-state index contributed by atoms with van der Waals surface area (Å²) in [6.07, 6.45) is 1.91. The molecule has 0 unspecified atom stereocenters. The molecule has 1 aliphatic heterocycles. The molecule has 7 nitrogen and oxygen atoms in total. The van der Waals surface area contributed by atoms with E-state index in [1.165, 1.54) is 4.68 Å². The first-order valence-electron chi connectivity index (χ1n) is 5.49. The van der Waals surface area contributed by atoms with Crippen LogP contribution < -0.4 is 0 Å². The SMILES string of the molecule is Cc1nn(C)c(C(=O)N2CCCC2)c1[N+](=O)[O-]. The number of nitro groups is 1. The zero-order valence-corrected chi connectivity index (χ0v) is 9.84. The molecule has 17 heavy (non-hydrogen) atoms. The van der Waals surface area contributed by atoms with Crippen molar-refractivity contribution in [2.24, 2.45) is 7.05 Å². The molecule has 1 aromatic heterocycles. The molecule has 1 amide bonds. The summed E-state index contributed by atoms with van der Waals surface area (Å²) in [5.41, 5.74) is 0.179. The number of nitrogens with zero attached hydrogens (tertiary/aromatic N) is 4. The van der Waals surface area contributed by atoms with Crippen molar-refractivity contribution < 1.29 is 9.72 Å². The molecule has 92 valence electrons. The third-order valence-corrected chi connectivity index (χ3v) is 2.97. The molecule has 0 spiro atoms. The fourth-order valence-corrected chi connectivity index (χ4v) is 2.18. The lowest BCUT2D eigenvalue weighted by molar-refractivity contribution is -0.385. The molecule has 0 saturated carbocycles. The minimum Gasteiger partial charge on any atom is -0.337 e. The van der Waals surface area contributed by atoms with Gasteiger partial charge in [0.1, 0.15) is 5.69 Å². The average Bonchev–Trinajstić information content (AvgIpc) is 2.84. The number of rotatable bonds is 2. The number of hydrogen-bond donors (Lipinski definition) is 0. The van der Waals surface area contributed by atoms with Crippen LogP contribution in [0.5, 0.6) is 0 Å². The topological polar surface area (TPSA) is 81.3 Å². The second-order valence-corrected chi connectivity index (χ2v) is 4.16. The first-order valence-corrected chi connectivity index (χ1v) is 5.49. The predicted octanol–water partition coefficient (Wildman–Crippen LogP) is 0.873. The molecule has 1 fully saturated rings. The van der Waals surface area contributed by atoms with Crippen LogP contribution in [0.2, 0.25) is 0 Å². The molecule has 1 saturated heterocycles. The number of carbonyl (C=O) groups excluding carboxylic acids is 1. The van der Waals surface area contributed by atoms with Crippen molar-refractivity contribution in [2.45, 2.75) is 19.8 Å². The highest BCUT2D eigenvalue weighted by Gasteiger charge is 2.32. The first kappa shape index (κ1) is 11.6. The van der Waals surface area contributed by atoms with Crippen molar-refractivity contribution in [1.82, 2.24) is 14.7 Å². The van der Waals surface area contributed by atoms with Crippen molar-refractivity contribution in [3.8, 4) is 0 Å². The van der Waals surface area contributed by atoms with Crippen molar-refractivity contribution in [3.63, 3.8) is 0 Å². The third kappa shape index (κ3) is 1.88. The summed E-state index contributed by atoms with van der Waals surface area (Å²) in [5, 5.41) is 14.9. The maximum atomic E-state index is 12.2. The Morgan fingerprint density at radius 2 is 2.00 bits per heavy atom. The van der Waals surface area contributed by atoms with Gasteiger partial charge in [0.2, 0.25) is 5.69 Å². The second-order valence-electron chi connectivity index (χ2n) is 4.16. The lowest BCUT2D eigenvalue weighted by atomic mass is 10.2. The average molecular weight is 238 g/mol. The van der Waals surface area contributed by atoms with Gasteiger partial charge in [-0.3, -0.25) is 19.6 Å². The summed E-state index contributed by atoms with van der Waals surface area (Å²) in [5.74, 6) is -0.294. The Labute approximate surface area is 98.2 Å². The van der Waals surface area contributed by atoms with Crippen molar-refractivity contribution >= 4 is 11.6 Å². The molecule has 0 atom stereocenters. The van der Waals surface area contributed by atoms with Crippen molar-refractivity contribution in [1.29, 1.82) is 0 Å². The highest BCUT2D eigenvalue weighted by molar-refractivity contribution is 5.97. The molecule has 0 aliphatic carbocycles. The van der Waals surface area contributed by atoms with Gasteiger partial charge in [-0.05, 0) is 19.8 Å². The van der Waals surface area contributed by atoms with Crippen LogP contribution in [0.4, 0.5) is 5.69 Å². The van der Waals surface area contributed by atoms with E-state index < -0.39 is 4.92 Å². The van der Waals surface area contributed by atoms with E-state index in [-0.39, 0.29) is 23.0 Å². The van der Waals surface area contributed by atoms with Crippen LogP contribution in [0.25, 0.3) is 0 Å². The molecule has 2 rings (SSSR count). The van der Waals surface area contributed by atoms with Crippen LogP contribution in [-0.4, -0.2) is 38.6 Å². The van der Waals surface area contributed by atoms with Crippen molar-refractivity contribution in [3.05, 3.63) is 21.5 Å². The zero-order valence-electron chi connectivity index (χ0n) is 9.84. The third-order valence-electron chi connectivity index (χ3n) is 2.97. The van der Waals surface area contributed by atoms with Gasteiger partial charge in [-0.15, -0.1) is 0 Å². The first-order chi connectivity index (χ1) is 8.02. The van der Waals surface area contributed by atoms with E-state index in [9.17, 15) is 14.9 Å². The molecule has 1 aromatic rings. The van der Waals surface area contributed by atoms with E-state index in [0.29, 0.717) is 13.1 Å². The van der Waals surface area contributed by atoms with Gasteiger partial charge < -0.3 is 4.90 Å². The number of aromatic nitrogens is 2. The molecule has 7 heteroatoms. The molecule has 0 N–H and O–H groups in total. The van der Waals surface area contributed by atoms with Crippen LogP contribution in [0, 0.1) is 17.0 Å². The molecular formula is C10H14N4O3.